The van der Waals surface area contributed by atoms with Crippen LogP contribution in [0.25, 0.3) is 0 Å². The predicted molar refractivity (Wildman–Crippen MR) is 110 cm³/mol. The molecular weight excluding hydrogens is 374 g/mol. The van der Waals surface area contributed by atoms with Crippen molar-refractivity contribution in [2.45, 2.75) is 37.1 Å². The first-order chi connectivity index (χ1) is 13.3. The number of likely N-dealkylation sites (tertiary alicyclic amines) is 1. The number of nitrogens with zero attached hydrogens (tertiary/aromatic N) is 1. The van der Waals surface area contributed by atoms with Gasteiger partial charge in [-0.15, -0.1) is 0 Å². The number of sulfonamides is 1. The minimum Gasteiger partial charge on any atom is -0.325 e. The Morgan fingerprint density at radius 3 is 2.29 bits per heavy atom. The molecule has 0 aromatic heterocycles. The molecule has 7 heteroatoms. The first-order valence-electron chi connectivity index (χ1n) is 9.54. The van der Waals surface area contributed by atoms with Gasteiger partial charge in [0.15, 0.2) is 0 Å². The van der Waals surface area contributed by atoms with Gasteiger partial charge in [-0.1, -0.05) is 30.3 Å². The molecule has 2 aromatic carbocycles. The standard InChI is InChI=1S/C21H27N3O3S/c1-16(21(25)23-19-7-9-20(10-8-19)28(22,26)27)24-13-11-18(12-14-24)15-17-5-3-2-4-6-17/h2-10,16,18H,11-15H2,1H3,(H,23,25)(H2,22,26,27)/t16-/m1/s1. The Morgan fingerprint density at radius 1 is 1.11 bits per heavy atom. The zero-order chi connectivity index (χ0) is 20.1. The predicted octanol–water partition coefficient (Wildman–Crippen LogP) is 2.62. The molecule has 28 heavy (non-hydrogen) atoms. The van der Waals surface area contributed by atoms with Crippen LogP contribution in [-0.4, -0.2) is 38.4 Å². The zero-order valence-corrected chi connectivity index (χ0v) is 16.9. The van der Waals surface area contributed by atoms with Gasteiger partial charge in [0, 0.05) is 5.69 Å². The number of rotatable bonds is 6. The molecule has 1 fully saturated rings. The number of primary sulfonamides is 1. The first-order valence-corrected chi connectivity index (χ1v) is 11.1. The normalized spacial score (nSPS) is 17.2. The quantitative estimate of drug-likeness (QED) is 0.778. The summed E-state index contributed by atoms with van der Waals surface area (Å²) in [6.45, 7) is 3.71. The highest BCUT2D eigenvalue weighted by molar-refractivity contribution is 7.89. The molecule has 2 aromatic rings. The largest absolute Gasteiger partial charge is 0.325 e. The summed E-state index contributed by atoms with van der Waals surface area (Å²) in [5.41, 5.74) is 1.93. The van der Waals surface area contributed by atoms with Crippen molar-refractivity contribution in [1.82, 2.24) is 4.90 Å². The van der Waals surface area contributed by atoms with Gasteiger partial charge in [-0.25, -0.2) is 13.6 Å². The fourth-order valence-electron chi connectivity index (χ4n) is 3.63. The third-order valence-electron chi connectivity index (χ3n) is 5.39. The average Bonchev–Trinajstić information content (AvgIpc) is 2.68. The van der Waals surface area contributed by atoms with Gasteiger partial charge in [0.1, 0.15) is 0 Å². The number of nitrogens with one attached hydrogen (secondary N) is 1. The molecule has 1 amide bonds. The Balaban J connectivity index is 1.50. The summed E-state index contributed by atoms with van der Waals surface area (Å²) in [6.07, 6.45) is 3.25. The van der Waals surface area contributed by atoms with Gasteiger partial charge in [-0.2, -0.15) is 0 Å². The maximum absolute atomic E-state index is 12.6. The van der Waals surface area contributed by atoms with Crippen molar-refractivity contribution >= 4 is 21.6 Å². The van der Waals surface area contributed by atoms with Crippen molar-refractivity contribution in [3.8, 4) is 0 Å². The number of hydrogen-bond donors (Lipinski definition) is 2. The molecule has 1 heterocycles. The van der Waals surface area contributed by atoms with Crippen LogP contribution in [0.4, 0.5) is 5.69 Å². The van der Waals surface area contributed by atoms with Crippen molar-refractivity contribution < 1.29 is 13.2 Å². The zero-order valence-electron chi connectivity index (χ0n) is 16.0. The minimum atomic E-state index is -3.73. The van der Waals surface area contributed by atoms with Gasteiger partial charge < -0.3 is 5.32 Å². The van der Waals surface area contributed by atoms with Crippen LogP contribution in [0.2, 0.25) is 0 Å². The van der Waals surface area contributed by atoms with Crippen molar-refractivity contribution in [2.24, 2.45) is 11.1 Å². The molecule has 1 atom stereocenters. The molecule has 0 aliphatic carbocycles. The monoisotopic (exact) mass is 401 g/mol. The smallest absolute Gasteiger partial charge is 0.241 e. The minimum absolute atomic E-state index is 0.0269. The number of benzene rings is 2. The van der Waals surface area contributed by atoms with E-state index in [1.165, 1.54) is 17.7 Å². The van der Waals surface area contributed by atoms with E-state index < -0.39 is 10.0 Å². The highest BCUT2D eigenvalue weighted by atomic mass is 32.2. The lowest BCUT2D eigenvalue weighted by Crippen LogP contribution is -2.46. The lowest BCUT2D eigenvalue weighted by Gasteiger charge is -2.35. The Morgan fingerprint density at radius 2 is 1.71 bits per heavy atom. The summed E-state index contributed by atoms with van der Waals surface area (Å²) < 4.78 is 22.6. The third-order valence-corrected chi connectivity index (χ3v) is 6.32. The van der Waals surface area contributed by atoms with Crippen LogP contribution in [0.3, 0.4) is 0 Å². The highest BCUT2D eigenvalue weighted by Crippen LogP contribution is 2.23. The van der Waals surface area contributed by atoms with E-state index in [2.05, 4.69) is 34.5 Å². The van der Waals surface area contributed by atoms with Gasteiger partial charge in [0.2, 0.25) is 15.9 Å². The SMILES string of the molecule is C[C@H](C(=O)Nc1ccc(S(N)(=O)=O)cc1)N1CCC(Cc2ccccc2)CC1. The molecule has 0 saturated carbocycles. The molecule has 150 valence electrons. The first kappa shape index (κ1) is 20.5. The van der Waals surface area contributed by atoms with Crippen molar-refractivity contribution in [2.75, 3.05) is 18.4 Å². The molecule has 0 unspecified atom stereocenters. The number of carbonyl (C=O) groups is 1. The van der Waals surface area contributed by atoms with E-state index in [-0.39, 0.29) is 16.8 Å². The molecule has 1 aliphatic heterocycles. The fraction of sp³-hybridized carbons (Fsp3) is 0.381. The van der Waals surface area contributed by atoms with Crippen LogP contribution in [0.1, 0.15) is 25.3 Å². The molecule has 3 N–H and O–H groups in total. The summed E-state index contributed by atoms with van der Waals surface area (Å²) in [7, 11) is -3.73. The highest BCUT2D eigenvalue weighted by Gasteiger charge is 2.26. The Hall–Kier alpha value is -2.22. The Kier molecular flexibility index (Phi) is 6.49. The van der Waals surface area contributed by atoms with Crippen LogP contribution in [0.15, 0.2) is 59.5 Å². The lowest BCUT2D eigenvalue weighted by molar-refractivity contribution is -0.121. The second-order valence-corrected chi connectivity index (χ2v) is 8.97. The molecule has 0 bridgehead atoms. The Labute approximate surface area is 166 Å². The van der Waals surface area contributed by atoms with E-state index >= 15 is 0 Å². The van der Waals surface area contributed by atoms with E-state index in [1.54, 1.807) is 12.1 Å². The summed E-state index contributed by atoms with van der Waals surface area (Å²) in [5.74, 6) is 0.560. The third kappa shape index (κ3) is 5.41. The van der Waals surface area contributed by atoms with Gasteiger partial charge in [-0.3, -0.25) is 9.69 Å². The number of nitrogens with two attached hydrogens (primary N) is 1. The molecule has 1 aliphatic rings. The molecule has 0 spiro atoms. The van der Waals surface area contributed by atoms with Crippen LogP contribution in [-0.2, 0) is 21.2 Å². The van der Waals surface area contributed by atoms with Crippen molar-refractivity contribution in [3.05, 3.63) is 60.2 Å². The number of anilines is 1. The van der Waals surface area contributed by atoms with E-state index in [4.69, 9.17) is 5.14 Å². The summed E-state index contributed by atoms with van der Waals surface area (Å²) in [6, 6.07) is 16.2. The average molecular weight is 402 g/mol. The number of piperidine rings is 1. The van der Waals surface area contributed by atoms with Crippen molar-refractivity contribution in [1.29, 1.82) is 0 Å². The van der Waals surface area contributed by atoms with E-state index in [1.807, 2.05) is 13.0 Å². The topological polar surface area (TPSA) is 92.5 Å². The summed E-state index contributed by atoms with van der Waals surface area (Å²) >= 11 is 0. The Bertz CT molecular complexity index is 890. The summed E-state index contributed by atoms with van der Waals surface area (Å²) in [5, 5.41) is 7.94. The van der Waals surface area contributed by atoms with Gasteiger partial charge >= 0.3 is 0 Å². The number of hydrogen-bond acceptors (Lipinski definition) is 4. The van der Waals surface area contributed by atoms with E-state index in [0.29, 0.717) is 11.6 Å². The van der Waals surface area contributed by atoms with Crippen LogP contribution in [0.5, 0.6) is 0 Å². The second-order valence-electron chi connectivity index (χ2n) is 7.40. The van der Waals surface area contributed by atoms with Crippen LogP contribution < -0.4 is 10.5 Å². The molecule has 3 rings (SSSR count). The van der Waals surface area contributed by atoms with E-state index in [9.17, 15) is 13.2 Å². The lowest BCUT2D eigenvalue weighted by atomic mass is 9.89. The van der Waals surface area contributed by atoms with Crippen molar-refractivity contribution in [3.63, 3.8) is 0 Å². The fourth-order valence-corrected chi connectivity index (χ4v) is 4.15. The van der Waals surface area contributed by atoms with E-state index in [0.717, 1.165) is 32.4 Å². The van der Waals surface area contributed by atoms with Crippen LogP contribution in [0, 0.1) is 5.92 Å². The maximum Gasteiger partial charge on any atom is 0.241 e. The molecule has 0 radical (unpaired) electrons. The van der Waals surface area contributed by atoms with Gasteiger partial charge in [-0.05, 0) is 75.0 Å². The molecule has 1 saturated heterocycles. The van der Waals surface area contributed by atoms with Crippen LogP contribution >= 0.6 is 0 Å². The van der Waals surface area contributed by atoms with Gasteiger partial charge in [0.25, 0.3) is 0 Å². The molecular formula is C21H27N3O3S. The second kappa shape index (κ2) is 8.86. The summed E-state index contributed by atoms with van der Waals surface area (Å²) in [4.78, 5) is 14.8. The maximum atomic E-state index is 12.6. The number of amides is 1. The van der Waals surface area contributed by atoms with Gasteiger partial charge in [0.05, 0.1) is 10.9 Å². The number of carbonyl (C=O) groups excluding carboxylic acids is 1. The molecule has 6 nitrogen and oxygen atoms in total.